The minimum absolute atomic E-state index is 0.229. The van der Waals surface area contributed by atoms with Crippen molar-refractivity contribution in [3.63, 3.8) is 0 Å². The Labute approximate surface area is 159 Å². The topological polar surface area (TPSA) is 94.2 Å². The summed E-state index contributed by atoms with van der Waals surface area (Å²) in [5.74, 6) is 0. The molecular weight excluding hydrogens is 346 g/mol. The highest BCUT2D eigenvalue weighted by atomic mass is 16.6. The molecule has 2 aromatic carbocycles. The van der Waals surface area contributed by atoms with Gasteiger partial charge in [-0.05, 0) is 11.1 Å². The van der Waals surface area contributed by atoms with Crippen LogP contribution in [0.4, 0.5) is 0 Å². The molecule has 5 unspecified atom stereocenters. The number of ether oxygens (including phenoxy) is 3. The fourth-order valence-electron chi connectivity index (χ4n) is 3.22. The maximum atomic E-state index is 10.2. The minimum Gasteiger partial charge on any atom is -0.394 e. The first kappa shape index (κ1) is 19.9. The maximum absolute atomic E-state index is 10.2. The smallest absolute Gasteiger partial charge is 0.114 e. The molecule has 4 N–H and O–H groups in total. The van der Waals surface area contributed by atoms with Crippen molar-refractivity contribution in [3.8, 4) is 0 Å². The van der Waals surface area contributed by atoms with Gasteiger partial charge in [-0.25, -0.2) is 0 Å². The van der Waals surface area contributed by atoms with E-state index in [0.29, 0.717) is 13.2 Å². The molecule has 5 atom stereocenters. The molecule has 6 heteroatoms. The summed E-state index contributed by atoms with van der Waals surface area (Å²) >= 11 is 0. The Bertz CT molecular complexity index is 669. The van der Waals surface area contributed by atoms with Crippen LogP contribution in [0, 0.1) is 0 Å². The SMILES string of the molecule is NC1COC(C(O)CO)C(OCc2ccccc2)C1OCc1ccccc1. The molecule has 0 aromatic heterocycles. The molecule has 2 aromatic rings. The molecule has 146 valence electrons. The summed E-state index contributed by atoms with van der Waals surface area (Å²) in [6.07, 6.45) is -2.84. The lowest BCUT2D eigenvalue weighted by Crippen LogP contribution is -2.61. The van der Waals surface area contributed by atoms with Crippen LogP contribution in [-0.4, -0.2) is 53.9 Å². The van der Waals surface area contributed by atoms with E-state index in [1.165, 1.54) is 0 Å². The maximum Gasteiger partial charge on any atom is 0.114 e. The van der Waals surface area contributed by atoms with Crippen LogP contribution in [0.5, 0.6) is 0 Å². The standard InChI is InChI=1S/C21H27NO5/c22-17-14-27-20(18(24)11-23)21(26-13-16-9-5-2-6-10-16)19(17)25-12-15-7-3-1-4-8-15/h1-10,17-21,23-24H,11-14,22H2. The number of nitrogens with two attached hydrogens (primary N) is 1. The predicted octanol–water partition coefficient (Wildman–Crippen LogP) is 1.24. The van der Waals surface area contributed by atoms with Crippen LogP contribution in [0.1, 0.15) is 11.1 Å². The molecule has 1 fully saturated rings. The van der Waals surface area contributed by atoms with Crippen molar-refractivity contribution in [1.29, 1.82) is 0 Å². The van der Waals surface area contributed by atoms with Crippen LogP contribution in [0.25, 0.3) is 0 Å². The van der Waals surface area contributed by atoms with E-state index in [1.807, 2.05) is 60.7 Å². The Balaban J connectivity index is 1.72. The van der Waals surface area contributed by atoms with Crippen molar-refractivity contribution in [2.75, 3.05) is 13.2 Å². The van der Waals surface area contributed by atoms with Gasteiger partial charge in [-0.15, -0.1) is 0 Å². The molecule has 1 saturated heterocycles. The third-order valence-electron chi connectivity index (χ3n) is 4.69. The second-order valence-corrected chi connectivity index (χ2v) is 6.73. The number of rotatable bonds is 8. The zero-order valence-corrected chi connectivity index (χ0v) is 15.2. The first-order valence-electron chi connectivity index (χ1n) is 9.16. The average molecular weight is 373 g/mol. The molecule has 0 amide bonds. The zero-order chi connectivity index (χ0) is 19.1. The van der Waals surface area contributed by atoms with Crippen LogP contribution in [0.2, 0.25) is 0 Å². The van der Waals surface area contributed by atoms with Gasteiger partial charge in [-0.2, -0.15) is 0 Å². The van der Waals surface area contributed by atoms with Gasteiger partial charge in [0.2, 0.25) is 0 Å². The molecule has 0 saturated carbocycles. The van der Waals surface area contributed by atoms with Crippen molar-refractivity contribution >= 4 is 0 Å². The molecule has 1 aliphatic heterocycles. The summed E-state index contributed by atoms with van der Waals surface area (Å²) in [5.41, 5.74) is 8.25. The lowest BCUT2D eigenvalue weighted by molar-refractivity contribution is -0.218. The van der Waals surface area contributed by atoms with E-state index in [1.54, 1.807) is 0 Å². The molecular formula is C21H27NO5. The van der Waals surface area contributed by atoms with E-state index in [0.717, 1.165) is 11.1 Å². The molecule has 6 nitrogen and oxygen atoms in total. The van der Waals surface area contributed by atoms with Crippen LogP contribution in [-0.2, 0) is 27.4 Å². The van der Waals surface area contributed by atoms with E-state index >= 15 is 0 Å². The number of hydrogen-bond acceptors (Lipinski definition) is 6. The third kappa shape index (κ3) is 5.35. The monoisotopic (exact) mass is 373 g/mol. The number of hydrogen-bond donors (Lipinski definition) is 3. The fourth-order valence-corrected chi connectivity index (χ4v) is 3.22. The quantitative estimate of drug-likeness (QED) is 0.645. The second-order valence-electron chi connectivity index (χ2n) is 6.73. The Morgan fingerprint density at radius 3 is 1.96 bits per heavy atom. The van der Waals surface area contributed by atoms with Crippen LogP contribution in [0.15, 0.2) is 60.7 Å². The van der Waals surface area contributed by atoms with Gasteiger partial charge < -0.3 is 30.2 Å². The highest BCUT2D eigenvalue weighted by molar-refractivity contribution is 5.14. The molecule has 1 heterocycles. The lowest BCUT2D eigenvalue weighted by atomic mass is 9.94. The Kier molecular flexibility index (Phi) is 7.34. The third-order valence-corrected chi connectivity index (χ3v) is 4.69. The summed E-state index contributed by atoms with van der Waals surface area (Å²) in [6, 6.07) is 19.1. The molecule has 3 rings (SSSR count). The summed E-state index contributed by atoms with van der Waals surface area (Å²) in [6.45, 7) is 0.524. The van der Waals surface area contributed by atoms with Crippen molar-refractivity contribution < 1.29 is 24.4 Å². The Morgan fingerprint density at radius 1 is 0.926 bits per heavy atom. The van der Waals surface area contributed by atoms with Gasteiger partial charge in [0.05, 0.1) is 32.5 Å². The summed E-state index contributed by atoms with van der Waals surface area (Å²) in [7, 11) is 0. The summed E-state index contributed by atoms with van der Waals surface area (Å²) < 4.78 is 17.8. The van der Waals surface area contributed by atoms with Crippen LogP contribution >= 0.6 is 0 Å². The highest BCUT2D eigenvalue weighted by Crippen LogP contribution is 2.25. The lowest BCUT2D eigenvalue weighted by Gasteiger charge is -2.42. The molecule has 27 heavy (non-hydrogen) atoms. The van der Waals surface area contributed by atoms with Gasteiger partial charge in [-0.3, -0.25) is 0 Å². The highest BCUT2D eigenvalue weighted by Gasteiger charge is 2.43. The van der Waals surface area contributed by atoms with Crippen molar-refractivity contribution in [2.24, 2.45) is 5.73 Å². The molecule has 0 spiro atoms. The van der Waals surface area contributed by atoms with Gasteiger partial charge >= 0.3 is 0 Å². The van der Waals surface area contributed by atoms with Gasteiger partial charge in [0.25, 0.3) is 0 Å². The first-order valence-corrected chi connectivity index (χ1v) is 9.16. The van der Waals surface area contributed by atoms with Gasteiger partial charge in [-0.1, -0.05) is 60.7 Å². The van der Waals surface area contributed by atoms with E-state index in [9.17, 15) is 10.2 Å². The van der Waals surface area contributed by atoms with Gasteiger partial charge in [0.15, 0.2) is 0 Å². The van der Waals surface area contributed by atoms with Crippen molar-refractivity contribution in [1.82, 2.24) is 0 Å². The van der Waals surface area contributed by atoms with Crippen LogP contribution in [0.3, 0.4) is 0 Å². The normalized spacial score (nSPS) is 26.6. The van der Waals surface area contributed by atoms with Crippen molar-refractivity contribution in [3.05, 3.63) is 71.8 Å². The largest absolute Gasteiger partial charge is 0.394 e. The van der Waals surface area contributed by atoms with Gasteiger partial charge in [0, 0.05) is 0 Å². The van der Waals surface area contributed by atoms with E-state index in [2.05, 4.69) is 0 Å². The molecule has 0 bridgehead atoms. The predicted molar refractivity (Wildman–Crippen MR) is 101 cm³/mol. The summed E-state index contributed by atoms with van der Waals surface area (Å²) in [4.78, 5) is 0. The second kappa shape index (κ2) is 9.94. The summed E-state index contributed by atoms with van der Waals surface area (Å²) in [5, 5.41) is 19.6. The fraction of sp³-hybridized carbons (Fsp3) is 0.429. The minimum atomic E-state index is -1.07. The zero-order valence-electron chi connectivity index (χ0n) is 15.2. The van der Waals surface area contributed by atoms with Crippen molar-refractivity contribution in [2.45, 2.75) is 43.7 Å². The van der Waals surface area contributed by atoms with Crippen LogP contribution < -0.4 is 5.73 Å². The van der Waals surface area contributed by atoms with E-state index in [-0.39, 0.29) is 6.61 Å². The van der Waals surface area contributed by atoms with E-state index < -0.39 is 37.1 Å². The number of benzene rings is 2. The molecule has 0 radical (unpaired) electrons. The molecule has 1 aliphatic rings. The van der Waals surface area contributed by atoms with Gasteiger partial charge in [0.1, 0.15) is 24.4 Å². The number of aliphatic hydroxyl groups is 2. The molecule has 0 aliphatic carbocycles. The number of aliphatic hydroxyl groups excluding tert-OH is 2. The Morgan fingerprint density at radius 2 is 1.44 bits per heavy atom. The average Bonchev–Trinajstić information content (AvgIpc) is 2.72. The Hall–Kier alpha value is -1.80. The van der Waals surface area contributed by atoms with E-state index in [4.69, 9.17) is 19.9 Å². The first-order chi connectivity index (χ1) is 13.2.